The summed E-state index contributed by atoms with van der Waals surface area (Å²) in [6.07, 6.45) is 0. The van der Waals surface area contributed by atoms with Gasteiger partial charge in [0.15, 0.2) is 0 Å². The van der Waals surface area contributed by atoms with Gasteiger partial charge in [0.1, 0.15) is 0 Å². The Labute approximate surface area is 330 Å². The first-order valence-corrected chi connectivity index (χ1v) is 8.84. The summed E-state index contributed by atoms with van der Waals surface area (Å²) in [6.45, 7) is 0. The zero-order valence-corrected chi connectivity index (χ0v) is 30.0. The zero-order valence-electron chi connectivity index (χ0n) is 16.0. The average molecular weight is 724 g/mol. The smallest absolute Gasteiger partial charge is 0.742 e. The van der Waals surface area contributed by atoms with Gasteiger partial charge in [-0.1, -0.05) is 24.3 Å². The number of hydrogen-bond acceptors (Lipinski definition) is 10. The molecule has 1 radical (unpaired) electrons. The number of aromatic amines is 1. The van der Waals surface area contributed by atoms with E-state index in [9.17, 15) is 10.5 Å². The maximum atomic E-state index is 9.88. The minimum Gasteiger partial charge on any atom is -0.742 e. The normalized spacial score (nSPS) is 9.53. The van der Waals surface area contributed by atoms with E-state index in [-0.39, 0.29) is 177 Å². The number of rotatable bonds is 8. The van der Waals surface area contributed by atoms with Crippen molar-refractivity contribution in [2.75, 3.05) is 0 Å². The minimum atomic E-state index is 0. The average Bonchev–Trinajstić information content (AvgIpc) is 3.07. The summed E-state index contributed by atoms with van der Waals surface area (Å²) >= 11 is 6.79. The van der Waals surface area contributed by atoms with Crippen molar-refractivity contribution >= 4 is 88.1 Å². The van der Waals surface area contributed by atoms with Crippen molar-refractivity contribution < 1.29 is 154 Å². The van der Waals surface area contributed by atoms with Crippen LogP contribution in [-0.4, -0.2) is 61.4 Å². The maximum Gasteiger partial charge on any atom is 1.00 e. The van der Waals surface area contributed by atoms with Crippen LogP contribution in [0, 0.1) is 0 Å². The molecule has 15 heteroatoms. The summed E-state index contributed by atoms with van der Waals surface area (Å²) in [5, 5.41) is 26.8. The van der Waals surface area contributed by atoms with E-state index < -0.39 is 0 Å². The topological polar surface area (TPSA) is 112 Å². The standard InChI is InChI=1S/C15H12N2O6S3.Au.3K/c18-20-22-25-11-5-1-9(2-6-11)13-14(17-15(24)16-13)10-3-7-12(8-4-10)26-23-21-19;;;;/h1-8,18-19H,(H2,16,17,24);;;;/q;+1;;2*+1/p-3. The second kappa shape index (κ2) is 20.1. The number of benzene rings is 2. The molecule has 2 aromatic carbocycles. The fourth-order valence-corrected chi connectivity index (χ4v) is 3.12. The van der Waals surface area contributed by atoms with Crippen molar-refractivity contribution in [3.05, 3.63) is 48.5 Å². The molecule has 0 bridgehead atoms. The third kappa shape index (κ3) is 11.4. The van der Waals surface area contributed by atoms with Crippen LogP contribution in [0.5, 0.6) is 0 Å². The summed E-state index contributed by atoms with van der Waals surface area (Å²) in [6, 6.07) is 14.4. The molecule has 0 saturated heterocycles. The van der Waals surface area contributed by atoms with Crippen molar-refractivity contribution in [1.29, 1.82) is 0 Å². The van der Waals surface area contributed by atoms with Crippen LogP contribution in [0.15, 0.2) is 63.5 Å². The Morgan fingerprint density at radius 3 is 1.67 bits per heavy atom. The van der Waals surface area contributed by atoms with Gasteiger partial charge in [-0.15, -0.1) is 0 Å². The van der Waals surface area contributed by atoms with E-state index in [0.29, 0.717) is 20.6 Å². The second-order valence-corrected chi connectivity index (χ2v) is 6.69. The Bertz CT molecular complexity index is 793. The summed E-state index contributed by atoms with van der Waals surface area (Å²) in [5.41, 5.74) is 3.14. The van der Waals surface area contributed by atoms with Crippen LogP contribution in [0.25, 0.3) is 22.5 Å². The van der Waals surface area contributed by atoms with Crippen molar-refractivity contribution in [1.82, 2.24) is 9.97 Å². The van der Waals surface area contributed by atoms with Crippen LogP contribution in [0.1, 0.15) is 0 Å². The Morgan fingerprint density at radius 2 is 1.23 bits per heavy atom. The van der Waals surface area contributed by atoms with Crippen LogP contribution in [-0.2, 0) is 53.8 Å². The molecular formula is C15H9AuK3N2O6S3. The molecule has 1 heterocycles. The van der Waals surface area contributed by atoms with Gasteiger partial charge in [0, 0.05) is 72.3 Å². The minimum absolute atomic E-state index is 0. The summed E-state index contributed by atoms with van der Waals surface area (Å²) in [5.74, 6) is 0. The second-order valence-electron chi connectivity index (χ2n) is 4.75. The molecule has 0 fully saturated rings. The predicted molar refractivity (Wildman–Crippen MR) is 96.9 cm³/mol. The first-order valence-electron chi connectivity index (χ1n) is 6.95. The van der Waals surface area contributed by atoms with E-state index in [0.717, 1.165) is 40.9 Å². The van der Waals surface area contributed by atoms with Gasteiger partial charge in [-0.3, -0.25) is 15.1 Å². The van der Waals surface area contributed by atoms with E-state index in [1.165, 1.54) is 0 Å². The predicted octanol–water partition coefficient (Wildman–Crippen LogP) is -4.26. The first kappa shape index (κ1) is 36.1. The first-order chi connectivity index (χ1) is 12.7. The molecule has 0 aliphatic carbocycles. The molecule has 3 aromatic rings. The van der Waals surface area contributed by atoms with E-state index in [1.807, 2.05) is 24.3 Å². The third-order valence-corrected chi connectivity index (χ3v) is 4.64. The van der Waals surface area contributed by atoms with Gasteiger partial charge >= 0.3 is 125 Å². The van der Waals surface area contributed by atoms with E-state index in [1.54, 1.807) is 24.3 Å². The Balaban J connectivity index is 0. The molecule has 0 saturated carbocycles. The van der Waals surface area contributed by atoms with Crippen LogP contribution >= 0.6 is 24.1 Å². The van der Waals surface area contributed by atoms with Crippen molar-refractivity contribution in [2.24, 2.45) is 0 Å². The van der Waals surface area contributed by atoms with Crippen LogP contribution < -0.4 is 113 Å². The fourth-order valence-electron chi connectivity index (χ4n) is 2.22. The molecule has 0 aliphatic rings. The molecular weight excluding hydrogens is 715 g/mol. The third-order valence-electron chi connectivity index (χ3n) is 3.27. The monoisotopic (exact) mass is 723 g/mol. The van der Waals surface area contributed by atoms with Crippen LogP contribution in [0.3, 0.4) is 0 Å². The molecule has 147 valence electrons. The van der Waals surface area contributed by atoms with Gasteiger partial charge < -0.3 is 28.1 Å². The van der Waals surface area contributed by atoms with Crippen LogP contribution in [0.4, 0.5) is 0 Å². The largest absolute Gasteiger partial charge is 1.00 e. The zero-order chi connectivity index (χ0) is 18.4. The van der Waals surface area contributed by atoms with Gasteiger partial charge in [-0.2, -0.15) is 8.67 Å². The number of aromatic nitrogens is 2. The van der Waals surface area contributed by atoms with Crippen molar-refractivity contribution in [2.45, 2.75) is 14.9 Å². The fraction of sp³-hybridized carbons (Fsp3) is 0. The molecule has 1 aromatic heterocycles. The van der Waals surface area contributed by atoms with Gasteiger partial charge in [-0.25, -0.2) is 0 Å². The number of imidazole rings is 1. The number of H-pyrrole nitrogens is 1. The summed E-state index contributed by atoms with van der Waals surface area (Å²) in [7, 11) is 0. The Morgan fingerprint density at radius 1 is 0.800 bits per heavy atom. The van der Waals surface area contributed by atoms with E-state index in [4.69, 9.17) is 12.6 Å². The Kier molecular flexibility index (Phi) is 24.2. The molecule has 8 nitrogen and oxygen atoms in total. The number of hydrogen-bond donors (Lipinski definition) is 1. The quantitative estimate of drug-likeness (QED) is 0.0808. The molecule has 30 heavy (non-hydrogen) atoms. The molecule has 1 N–H and O–H groups in total. The summed E-state index contributed by atoms with van der Waals surface area (Å²) < 4.78 is 8.57. The summed E-state index contributed by atoms with van der Waals surface area (Å²) in [4.78, 5) is 8.84. The maximum absolute atomic E-state index is 9.88. The van der Waals surface area contributed by atoms with Crippen molar-refractivity contribution in [3.63, 3.8) is 0 Å². The Hall–Kier alpha value is 3.98. The van der Waals surface area contributed by atoms with Crippen molar-refractivity contribution in [3.8, 4) is 22.5 Å². The molecule has 3 rings (SSSR count). The molecule has 0 atom stereocenters. The van der Waals surface area contributed by atoms with Crippen LogP contribution in [0.2, 0.25) is 0 Å². The van der Waals surface area contributed by atoms with Gasteiger partial charge in [-0.05, 0) is 29.4 Å². The van der Waals surface area contributed by atoms with E-state index in [2.05, 4.69) is 28.7 Å². The molecule has 0 unspecified atom stereocenters. The SMILES string of the molecule is [Au+].[K+].[K+].[K].[O-]OOSc1ccc(-c2nc([S-])[nH]c2-c2ccc(SOO[O-])cc2)cc1. The molecule has 0 spiro atoms. The molecule has 0 aliphatic heterocycles. The van der Waals surface area contributed by atoms with E-state index >= 15 is 0 Å². The van der Waals surface area contributed by atoms with Gasteiger partial charge in [0.2, 0.25) is 0 Å². The number of nitrogens with one attached hydrogen (secondary N) is 1. The molecule has 0 amide bonds. The van der Waals surface area contributed by atoms with Gasteiger partial charge in [0.25, 0.3) is 0 Å². The van der Waals surface area contributed by atoms with Gasteiger partial charge in [0.05, 0.1) is 35.5 Å². The number of nitrogens with zero attached hydrogens (tertiary/aromatic N) is 1.